The molecule has 1 saturated heterocycles. The summed E-state index contributed by atoms with van der Waals surface area (Å²) in [5.41, 5.74) is 1.45. The molecule has 2 aromatic carbocycles. The van der Waals surface area contributed by atoms with Crippen molar-refractivity contribution in [3.05, 3.63) is 65.5 Å². The lowest BCUT2D eigenvalue weighted by Gasteiger charge is -2.32. The number of urea groups is 1. The molecule has 34 heavy (non-hydrogen) atoms. The summed E-state index contributed by atoms with van der Waals surface area (Å²) in [4.78, 5) is 25.9. The molecule has 3 rings (SSSR count). The summed E-state index contributed by atoms with van der Waals surface area (Å²) in [5.74, 6) is 0.505. The molecule has 184 valence electrons. The van der Waals surface area contributed by atoms with Crippen LogP contribution in [-0.2, 0) is 17.7 Å². The molecular formula is C26H34FN3O4. The lowest BCUT2D eigenvalue weighted by molar-refractivity contribution is 0.0528. The minimum Gasteiger partial charge on any atom is -0.490 e. The Bertz CT molecular complexity index is 934. The summed E-state index contributed by atoms with van der Waals surface area (Å²) >= 11 is 0. The van der Waals surface area contributed by atoms with Crippen LogP contribution in [0.2, 0.25) is 0 Å². The molecule has 2 aromatic rings. The Morgan fingerprint density at radius 2 is 1.59 bits per heavy atom. The van der Waals surface area contributed by atoms with Crippen molar-refractivity contribution in [3.8, 4) is 5.75 Å². The Balaban J connectivity index is 1.35. The smallest absolute Gasteiger partial charge is 0.407 e. The molecule has 0 aliphatic carbocycles. The highest BCUT2D eigenvalue weighted by Crippen LogP contribution is 2.20. The molecule has 1 fully saturated rings. The number of piperidine rings is 1. The third-order valence-corrected chi connectivity index (χ3v) is 5.39. The van der Waals surface area contributed by atoms with E-state index in [2.05, 4.69) is 10.6 Å². The van der Waals surface area contributed by atoms with E-state index < -0.39 is 11.7 Å². The first-order chi connectivity index (χ1) is 16.2. The first kappa shape index (κ1) is 25.3. The van der Waals surface area contributed by atoms with Crippen molar-refractivity contribution in [2.45, 2.75) is 58.3 Å². The van der Waals surface area contributed by atoms with Gasteiger partial charge >= 0.3 is 12.1 Å². The molecule has 2 N–H and O–H groups in total. The minimum atomic E-state index is -0.507. The number of alkyl carbamates (subject to hydrolysis) is 1. The molecule has 0 spiro atoms. The average Bonchev–Trinajstić information content (AvgIpc) is 2.79. The number of likely N-dealkylation sites (tertiary alicyclic amines) is 1. The van der Waals surface area contributed by atoms with E-state index in [9.17, 15) is 14.0 Å². The third kappa shape index (κ3) is 8.57. The molecule has 0 bridgehead atoms. The quantitative estimate of drug-likeness (QED) is 0.616. The van der Waals surface area contributed by atoms with E-state index in [1.54, 1.807) is 17.0 Å². The molecule has 0 aromatic heterocycles. The van der Waals surface area contributed by atoms with Crippen LogP contribution < -0.4 is 15.4 Å². The fourth-order valence-electron chi connectivity index (χ4n) is 3.62. The molecule has 8 heteroatoms. The summed E-state index contributed by atoms with van der Waals surface area (Å²) in [6.45, 7) is 7.61. The SMILES string of the molecule is CC(C)(C)OC(=O)NCCc1ccc(OC2CCN(C(=O)NCc3ccc(F)cc3)CC2)cc1. The molecular weight excluding hydrogens is 437 g/mol. The van der Waals surface area contributed by atoms with Gasteiger partial charge in [0, 0.05) is 39.0 Å². The zero-order valence-electron chi connectivity index (χ0n) is 20.1. The second-order valence-corrected chi connectivity index (χ2v) is 9.41. The fourth-order valence-corrected chi connectivity index (χ4v) is 3.62. The Hall–Kier alpha value is -3.29. The summed E-state index contributed by atoms with van der Waals surface area (Å²) in [5, 5.41) is 5.64. The molecule has 3 amide bonds. The molecule has 0 unspecified atom stereocenters. The van der Waals surface area contributed by atoms with E-state index in [1.807, 2.05) is 45.0 Å². The monoisotopic (exact) mass is 471 g/mol. The van der Waals surface area contributed by atoms with Crippen molar-refractivity contribution in [3.63, 3.8) is 0 Å². The van der Waals surface area contributed by atoms with Gasteiger partial charge in [0.1, 0.15) is 23.3 Å². The maximum absolute atomic E-state index is 13.0. The van der Waals surface area contributed by atoms with E-state index >= 15 is 0 Å². The van der Waals surface area contributed by atoms with Crippen molar-refractivity contribution in [1.29, 1.82) is 0 Å². The van der Waals surface area contributed by atoms with Crippen LogP contribution in [0.4, 0.5) is 14.0 Å². The van der Waals surface area contributed by atoms with Crippen LogP contribution in [0.3, 0.4) is 0 Å². The van der Waals surface area contributed by atoms with Crippen LogP contribution in [-0.4, -0.2) is 48.4 Å². The predicted molar refractivity (Wildman–Crippen MR) is 128 cm³/mol. The zero-order chi connectivity index (χ0) is 24.6. The Kier molecular flexibility index (Phi) is 8.73. The van der Waals surface area contributed by atoms with Gasteiger partial charge in [-0.3, -0.25) is 0 Å². The van der Waals surface area contributed by atoms with Gasteiger partial charge < -0.3 is 25.0 Å². The van der Waals surface area contributed by atoms with Crippen molar-refractivity contribution in [2.24, 2.45) is 0 Å². The van der Waals surface area contributed by atoms with Gasteiger partial charge in [-0.1, -0.05) is 24.3 Å². The number of hydrogen-bond acceptors (Lipinski definition) is 4. The molecule has 7 nitrogen and oxygen atoms in total. The number of nitrogens with one attached hydrogen (secondary N) is 2. The first-order valence-corrected chi connectivity index (χ1v) is 11.7. The van der Waals surface area contributed by atoms with Gasteiger partial charge in [-0.2, -0.15) is 0 Å². The first-order valence-electron chi connectivity index (χ1n) is 11.7. The van der Waals surface area contributed by atoms with Gasteiger partial charge in [-0.25, -0.2) is 14.0 Å². The molecule has 1 aliphatic rings. The van der Waals surface area contributed by atoms with Crippen LogP contribution in [0.25, 0.3) is 0 Å². The van der Waals surface area contributed by atoms with Crippen molar-refractivity contribution < 1.29 is 23.5 Å². The maximum Gasteiger partial charge on any atom is 0.407 e. The summed E-state index contributed by atoms with van der Waals surface area (Å²) < 4.78 is 24.3. The number of benzene rings is 2. The highest BCUT2D eigenvalue weighted by molar-refractivity contribution is 5.74. The molecule has 0 saturated carbocycles. The fraction of sp³-hybridized carbons (Fsp3) is 0.462. The third-order valence-electron chi connectivity index (χ3n) is 5.39. The maximum atomic E-state index is 13.0. The van der Waals surface area contributed by atoms with Gasteiger partial charge in [0.2, 0.25) is 0 Å². The average molecular weight is 472 g/mol. The van der Waals surface area contributed by atoms with Crippen LogP contribution >= 0.6 is 0 Å². The van der Waals surface area contributed by atoms with Gasteiger partial charge in [0.25, 0.3) is 0 Å². The number of ether oxygens (including phenoxy) is 2. The highest BCUT2D eigenvalue weighted by Gasteiger charge is 2.24. The van der Waals surface area contributed by atoms with E-state index in [4.69, 9.17) is 9.47 Å². The van der Waals surface area contributed by atoms with Crippen LogP contribution in [0.1, 0.15) is 44.7 Å². The largest absolute Gasteiger partial charge is 0.490 e. The number of amides is 3. The number of hydrogen-bond donors (Lipinski definition) is 2. The summed E-state index contributed by atoms with van der Waals surface area (Å²) in [7, 11) is 0. The Morgan fingerprint density at radius 1 is 0.971 bits per heavy atom. The topological polar surface area (TPSA) is 79.9 Å². The normalized spacial score (nSPS) is 14.4. The van der Waals surface area contributed by atoms with Gasteiger partial charge in [-0.15, -0.1) is 0 Å². The van der Waals surface area contributed by atoms with Crippen LogP contribution in [0.5, 0.6) is 5.75 Å². The minimum absolute atomic E-state index is 0.0563. The zero-order valence-corrected chi connectivity index (χ0v) is 20.1. The lowest BCUT2D eigenvalue weighted by Crippen LogP contribution is -2.46. The molecule has 1 heterocycles. The number of carbonyl (C=O) groups excluding carboxylic acids is 2. The van der Waals surface area contributed by atoms with E-state index in [-0.39, 0.29) is 18.0 Å². The number of rotatable bonds is 7. The lowest BCUT2D eigenvalue weighted by atomic mass is 10.1. The summed E-state index contributed by atoms with van der Waals surface area (Å²) in [6, 6.07) is 13.8. The molecule has 0 radical (unpaired) electrons. The number of carbonyl (C=O) groups is 2. The van der Waals surface area contributed by atoms with Crippen molar-refractivity contribution in [1.82, 2.24) is 15.5 Å². The van der Waals surface area contributed by atoms with Crippen molar-refractivity contribution in [2.75, 3.05) is 19.6 Å². The highest BCUT2D eigenvalue weighted by atomic mass is 19.1. The Morgan fingerprint density at radius 3 is 2.21 bits per heavy atom. The second-order valence-electron chi connectivity index (χ2n) is 9.41. The molecule has 1 aliphatic heterocycles. The van der Waals surface area contributed by atoms with Gasteiger partial charge in [0.15, 0.2) is 0 Å². The van der Waals surface area contributed by atoms with E-state index in [0.717, 1.165) is 29.7 Å². The molecule has 0 atom stereocenters. The van der Waals surface area contributed by atoms with Crippen LogP contribution in [0.15, 0.2) is 48.5 Å². The second kappa shape index (κ2) is 11.7. The number of nitrogens with zero attached hydrogens (tertiary/aromatic N) is 1. The van der Waals surface area contributed by atoms with Gasteiger partial charge in [-0.05, 0) is 62.6 Å². The van der Waals surface area contributed by atoms with Crippen molar-refractivity contribution >= 4 is 12.1 Å². The van der Waals surface area contributed by atoms with E-state index in [1.165, 1.54) is 12.1 Å². The van der Waals surface area contributed by atoms with Gasteiger partial charge in [0.05, 0.1) is 0 Å². The standard InChI is InChI=1S/C26H34FN3O4/c1-26(2,3)34-25(32)28-15-12-19-6-10-22(11-7-19)33-23-13-16-30(17-14-23)24(31)29-18-20-4-8-21(27)9-5-20/h4-11,23H,12-18H2,1-3H3,(H,28,32)(H,29,31). The Labute approximate surface area is 200 Å². The predicted octanol–water partition coefficient (Wildman–Crippen LogP) is 4.65. The summed E-state index contributed by atoms with van der Waals surface area (Å²) in [6.07, 6.45) is 1.85. The number of halogens is 1. The van der Waals surface area contributed by atoms with E-state index in [0.29, 0.717) is 32.6 Å². The van der Waals surface area contributed by atoms with Crippen LogP contribution in [0, 0.1) is 5.82 Å².